The van der Waals surface area contributed by atoms with Crippen molar-refractivity contribution in [1.29, 1.82) is 0 Å². The van der Waals surface area contributed by atoms with Crippen LogP contribution in [0.5, 0.6) is 0 Å². The topological polar surface area (TPSA) is 18.5 Å². The van der Waals surface area contributed by atoms with Crippen LogP contribution in [0.15, 0.2) is 0 Å². The Kier molecular flexibility index (Phi) is 3.06. The maximum absolute atomic E-state index is 13.1. The van der Waals surface area contributed by atoms with Gasteiger partial charge in [0.2, 0.25) is 0 Å². The summed E-state index contributed by atoms with van der Waals surface area (Å²) in [6.07, 6.45) is -5.87. The third-order valence-corrected chi connectivity index (χ3v) is 2.08. The van der Waals surface area contributed by atoms with E-state index < -0.39 is 24.4 Å². The summed E-state index contributed by atoms with van der Waals surface area (Å²) in [7, 11) is 0. The molecule has 1 heterocycles. The number of hydrogen-bond acceptors (Lipinski definition) is 2. The molecular weight excluding hydrogens is 204 g/mol. The fraction of sp³-hybridized carbons (Fsp3) is 1.00. The summed E-state index contributed by atoms with van der Waals surface area (Å²) in [6, 6.07) is -3.92. The minimum atomic E-state index is -5.14. The number of halogens is 4. The zero-order chi connectivity index (χ0) is 11.0. The van der Waals surface area contributed by atoms with Gasteiger partial charge in [0.25, 0.3) is 0 Å². The van der Waals surface area contributed by atoms with Gasteiger partial charge in [-0.15, -0.1) is 0 Å². The second kappa shape index (κ2) is 3.66. The Bertz CT molecular complexity index is 206. The zero-order valence-corrected chi connectivity index (χ0v) is 7.90. The molecule has 1 saturated heterocycles. The summed E-state index contributed by atoms with van der Waals surface area (Å²) >= 11 is 0. The van der Waals surface area contributed by atoms with Gasteiger partial charge in [0.1, 0.15) is 0 Å². The van der Waals surface area contributed by atoms with E-state index in [9.17, 15) is 17.6 Å². The van der Waals surface area contributed by atoms with E-state index in [1.807, 2.05) is 0 Å². The Balaban J connectivity index is 2.70. The molecule has 0 aromatic heterocycles. The van der Waals surface area contributed by atoms with Gasteiger partial charge in [0.15, 0.2) is 0 Å². The van der Waals surface area contributed by atoms with Crippen LogP contribution in [0.4, 0.5) is 17.6 Å². The molecule has 0 bridgehead atoms. The van der Waals surface area contributed by atoms with Crippen molar-refractivity contribution < 1.29 is 27.0 Å². The highest BCUT2D eigenvalue weighted by atomic mass is 19.4. The van der Waals surface area contributed by atoms with E-state index in [4.69, 9.17) is 0 Å². The van der Waals surface area contributed by atoms with Crippen LogP contribution in [0.2, 0.25) is 0 Å². The van der Waals surface area contributed by atoms with E-state index in [0.29, 0.717) is 12.8 Å². The highest BCUT2D eigenvalue weighted by molar-refractivity contribution is 4.81. The summed E-state index contributed by atoms with van der Waals surface area (Å²) in [5.74, 6) is 0. The van der Waals surface area contributed by atoms with Gasteiger partial charge in [0.05, 0.1) is 12.2 Å². The number of rotatable bonds is 2. The molecule has 0 spiro atoms. The Morgan fingerprint density at radius 3 is 2.21 bits per heavy atom. The minimum Gasteiger partial charge on any atom is -0.311 e. The van der Waals surface area contributed by atoms with Crippen molar-refractivity contribution in [2.24, 2.45) is 0 Å². The van der Waals surface area contributed by atoms with Crippen molar-refractivity contribution in [3.05, 3.63) is 0 Å². The highest BCUT2D eigenvalue weighted by Gasteiger charge is 2.65. The molecule has 6 heteroatoms. The molecule has 0 amide bonds. The van der Waals surface area contributed by atoms with Gasteiger partial charge < -0.3 is 9.47 Å². The van der Waals surface area contributed by atoms with Crippen LogP contribution in [0.25, 0.3) is 0 Å². The second-order valence-corrected chi connectivity index (χ2v) is 3.30. The Morgan fingerprint density at radius 2 is 1.86 bits per heavy atom. The lowest BCUT2D eigenvalue weighted by Gasteiger charge is -2.20. The average molecular weight is 216 g/mol. The third kappa shape index (κ3) is 2.00. The van der Waals surface area contributed by atoms with Gasteiger partial charge in [0, 0.05) is 0 Å². The molecule has 0 saturated carbocycles. The molecule has 3 unspecified atom stereocenters. The molecule has 0 radical (unpaired) electrons. The van der Waals surface area contributed by atoms with Gasteiger partial charge in [-0.3, -0.25) is 0 Å². The first-order valence-corrected chi connectivity index (χ1v) is 4.41. The summed E-state index contributed by atoms with van der Waals surface area (Å²) in [6.45, 7) is 3.15. The van der Waals surface area contributed by atoms with E-state index >= 15 is 0 Å². The zero-order valence-electron chi connectivity index (χ0n) is 7.90. The lowest BCUT2D eigenvalue weighted by Crippen LogP contribution is -2.42. The quantitative estimate of drug-likeness (QED) is 0.661. The van der Waals surface area contributed by atoms with E-state index in [2.05, 4.69) is 9.47 Å². The van der Waals surface area contributed by atoms with Gasteiger partial charge in [-0.25, -0.2) is 0 Å². The molecule has 0 aromatic rings. The molecule has 0 aliphatic carbocycles. The van der Waals surface area contributed by atoms with E-state index in [1.54, 1.807) is 6.92 Å². The fourth-order valence-corrected chi connectivity index (χ4v) is 1.35. The number of hydrogen-bond donors (Lipinski definition) is 0. The van der Waals surface area contributed by atoms with E-state index in [0.717, 1.165) is 0 Å². The van der Waals surface area contributed by atoms with Crippen molar-refractivity contribution in [3.8, 4) is 0 Å². The summed E-state index contributed by atoms with van der Waals surface area (Å²) in [5, 5.41) is 0. The standard InChI is InChI=1S/C8H12F4O2/c1-3-4-6-5(2)13-8(12,14-6)7(9,10)11/h5-6H,3-4H2,1-2H3. The van der Waals surface area contributed by atoms with Crippen molar-refractivity contribution in [1.82, 2.24) is 0 Å². The Hall–Kier alpha value is -0.360. The van der Waals surface area contributed by atoms with Gasteiger partial charge in [-0.1, -0.05) is 13.3 Å². The van der Waals surface area contributed by atoms with E-state index in [1.165, 1.54) is 6.92 Å². The molecule has 1 aliphatic heterocycles. The molecule has 0 aromatic carbocycles. The lowest BCUT2D eigenvalue weighted by molar-refractivity contribution is -0.409. The normalized spacial score (nSPS) is 39.0. The van der Waals surface area contributed by atoms with Crippen molar-refractivity contribution in [2.75, 3.05) is 0 Å². The van der Waals surface area contributed by atoms with Crippen LogP contribution >= 0.6 is 0 Å². The predicted molar refractivity (Wildman–Crippen MR) is 40.2 cm³/mol. The van der Waals surface area contributed by atoms with Crippen LogP contribution in [0.3, 0.4) is 0 Å². The highest BCUT2D eigenvalue weighted by Crippen LogP contribution is 2.43. The van der Waals surface area contributed by atoms with Crippen molar-refractivity contribution in [3.63, 3.8) is 0 Å². The molecule has 0 N–H and O–H groups in total. The largest absolute Gasteiger partial charge is 0.478 e. The molecule has 2 nitrogen and oxygen atoms in total. The Morgan fingerprint density at radius 1 is 1.29 bits per heavy atom. The minimum absolute atomic E-state index is 0.350. The smallest absolute Gasteiger partial charge is 0.311 e. The number of ether oxygens (including phenoxy) is 2. The molecule has 84 valence electrons. The first-order valence-electron chi connectivity index (χ1n) is 4.41. The molecule has 1 fully saturated rings. The molecule has 14 heavy (non-hydrogen) atoms. The first kappa shape index (κ1) is 11.7. The SMILES string of the molecule is CCCC1OC(F)(C(F)(F)F)OC1C. The number of alkyl halides is 4. The maximum atomic E-state index is 13.1. The van der Waals surface area contributed by atoms with Crippen molar-refractivity contribution in [2.45, 2.75) is 51.1 Å². The average Bonchev–Trinajstić information content (AvgIpc) is 2.27. The van der Waals surface area contributed by atoms with Crippen LogP contribution in [0, 0.1) is 0 Å². The summed E-state index contributed by atoms with van der Waals surface area (Å²) in [4.78, 5) is 0. The third-order valence-electron chi connectivity index (χ3n) is 2.08. The van der Waals surface area contributed by atoms with Crippen LogP contribution in [-0.2, 0) is 9.47 Å². The molecule has 1 aliphatic rings. The molecule has 3 atom stereocenters. The summed E-state index contributed by atoms with van der Waals surface area (Å²) in [5.41, 5.74) is 0. The monoisotopic (exact) mass is 216 g/mol. The summed E-state index contributed by atoms with van der Waals surface area (Å²) < 4.78 is 57.8. The van der Waals surface area contributed by atoms with E-state index in [-0.39, 0.29) is 0 Å². The first-order chi connectivity index (χ1) is 6.30. The van der Waals surface area contributed by atoms with Crippen LogP contribution in [-0.4, -0.2) is 24.4 Å². The van der Waals surface area contributed by atoms with Gasteiger partial charge in [-0.2, -0.15) is 17.6 Å². The lowest BCUT2D eigenvalue weighted by atomic mass is 10.1. The van der Waals surface area contributed by atoms with Crippen LogP contribution < -0.4 is 0 Å². The molecule has 1 rings (SSSR count). The maximum Gasteiger partial charge on any atom is 0.478 e. The van der Waals surface area contributed by atoms with Crippen molar-refractivity contribution >= 4 is 0 Å². The predicted octanol–water partition coefficient (Wildman–Crippen LogP) is 2.78. The van der Waals surface area contributed by atoms with Gasteiger partial charge in [-0.05, 0) is 13.3 Å². The Labute approximate surface area is 79.2 Å². The molecular formula is C8H12F4O2. The van der Waals surface area contributed by atoms with Crippen LogP contribution in [0.1, 0.15) is 26.7 Å². The second-order valence-electron chi connectivity index (χ2n) is 3.30. The van der Waals surface area contributed by atoms with Gasteiger partial charge >= 0.3 is 12.2 Å². The fourth-order valence-electron chi connectivity index (χ4n) is 1.35.